The van der Waals surface area contributed by atoms with Crippen molar-refractivity contribution in [3.05, 3.63) is 94.4 Å². The molecule has 0 aromatic heterocycles. The molecule has 1 aliphatic heterocycles. The van der Waals surface area contributed by atoms with Gasteiger partial charge in [-0.3, -0.25) is 14.9 Å². The van der Waals surface area contributed by atoms with Crippen molar-refractivity contribution in [2.45, 2.75) is 13.8 Å². The molecule has 1 fully saturated rings. The van der Waals surface area contributed by atoms with E-state index in [1.807, 2.05) is 24.3 Å². The van der Waals surface area contributed by atoms with Crippen LogP contribution in [0.4, 0.5) is 21.9 Å². The van der Waals surface area contributed by atoms with Crippen LogP contribution >= 0.6 is 11.8 Å². The number of nitrogens with zero attached hydrogens (tertiary/aromatic N) is 1. The standard InChI is InChI=1S/C24H20N2O2S/c1-16-3-9-19(10-4-16)26(20-11-5-17(2)6-12-20)21-13-7-18(8-14-21)15-22-23(27)25-24(28)29-22/h3-15H,1-2H3,(H,25,27,28). The second-order valence-corrected chi connectivity index (χ2v) is 7.97. The largest absolute Gasteiger partial charge is 0.311 e. The van der Waals surface area contributed by atoms with Gasteiger partial charge in [0.1, 0.15) is 0 Å². The maximum atomic E-state index is 11.8. The normalized spacial score (nSPS) is 14.9. The first-order chi connectivity index (χ1) is 14.0. The third-order valence-electron chi connectivity index (χ3n) is 4.68. The summed E-state index contributed by atoms with van der Waals surface area (Å²) in [5.41, 5.74) is 6.44. The van der Waals surface area contributed by atoms with Crippen molar-refractivity contribution in [3.63, 3.8) is 0 Å². The summed E-state index contributed by atoms with van der Waals surface area (Å²) >= 11 is 0.927. The van der Waals surface area contributed by atoms with Gasteiger partial charge in [0.05, 0.1) is 4.91 Å². The van der Waals surface area contributed by atoms with Crippen LogP contribution in [-0.4, -0.2) is 11.1 Å². The highest BCUT2D eigenvalue weighted by Crippen LogP contribution is 2.35. The smallest absolute Gasteiger partial charge is 0.290 e. The van der Waals surface area contributed by atoms with Crippen LogP contribution in [0.25, 0.3) is 6.08 Å². The quantitative estimate of drug-likeness (QED) is 0.538. The van der Waals surface area contributed by atoms with Crippen molar-refractivity contribution in [1.82, 2.24) is 5.32 Å². The van der Waals surface area contributed by atoms with E-state index in [-0.39, 0.29) is 11.1 Å². The Kier molecular flexibility index (Phi) is 5.23. The summed E-state index contributed by atoms with van der Waals surface area (Å²) < 4.78 is 0. The fourth-order valence-corrected chi connectivity index (χ4v) is 3.81. The van der Waals surface area contributed by atoms with Gasteiger partial charge in [0.25, 0.3) is 11.1 Å². The van der Waals surface area contributed by atoms with Crippen LogP contribution in [0.3, 0.4) is 0 Å². The van der Waals surface area contributed by atoms with E-state index >= 15 is 0 Å². The Hall–Kier alpha value is -3.31. The van der Waals surface area contributed by atoms with Crippen LogP contribution in [-0.2, 0) is 4.79 Å². The van der Waals surface area contributed by atoms with Gasteiger partial charge < -0.3 is 4.90 Å². The van der Waals surface area contributed by atoms with Gasteiger partial charge in [-0.1, -0.05) is 47.5 Å². The molecule has 3 aromatic carbocycles. The summed E-state index contributed by atoms with van der Waals surface area (Å²) in [5, 5.41) is 1.95. The molecule has 0 aliphatic carbocycles. The molecule has 4 rings (SSSR count). The second-order valence-electron chi connectivity index (χ2n) is 6.95. The Morgan fingerprint density at radius 1 is 0.724 bits per heavy atom. The van der Waals surface area contributed by atoms with Crippen LogP contribution < -0.4 is 10.2 Å². The first-order valence-electron chi connectivity index (χ1n) is 9.28. The third kappa shape index (κ3) is 4.25. The fourth-order valence-electron chi connectivity index (χ4n) is 3.13. The minimum absolute atomic E-state index is 0.331. The number of hydrogen-bond acceptors (Lipinski definition) is 4. The maximum Gasteiger partial charge on any atom is 0.290 e. The lowest BCUT2D eigenvalue weighted by Gasteiger charge is -2.25. The molecule has 29 heavy (non-hydrogen) atoms. The van der Waals surface area contributed by atoms with E-state index in [1.54, 1.807) is 6.08 Å². The summed E-state index contributed by atoms with van der Waals surface area (Å²) in [7, 11) is 0. The van der Waals surface area contributed by atoms with Gasteiger partial charge in [0.15, 0.2) is 0 Å². The van der Waals surface area contributed by atoms with Crippen LogP contribution in [0, 0.1) is 13.8 Å². The number of nitrogens with one attached hydrogen (secondary N) is 1. The minimum Gasteiger partial charge on any atom is -0.311 e. The highest BCUT2D eigenvalue weighted by atomic mass is 32.2. The molecule has 144 valence electrons. The van der Waals surface area contributed by atoms with Gasteiger partial charge in [-0.15, -0.1) is 0 Å². The van der Waals surface area contributed by atoms with Crippen LogP contribution in [0.1, 0.15) is 16.7 Å². The molecule has 1 aliphatic rings. The van der Waals surface area contributed by atoms with Gasteiger partial charge in [-0.25, -0.2) is 0 Å². The number of rotatable bonds is 4. The lowest BCUT2D eigenvalue weighted by Crippen LogP contribution is -2.17. The van der Waals surface area contributed by atoms with E-state index in [4.69, 9.17) is 0 Å². The average molecular weight is 401 g/mol. The summed E-state index contributed by atoms with van der Waals surface area (Å²) in [6.45, 7) is 4.15. The number of hydrogen-bond donors (Lipinski definition) is 1. The maximum absolute atomic E-state index is 11.8. The molecule has 0 atom stereocenters. The highest BCUT2D eigenvalue weighted by Gasteiger charge is 2.24. The summed E-state index contributed by atoms with van der Waals surface area (Å²) in [5.74, 6) is -0.343. The average Bonchev–Trinajstić information content (AvgIpc) is 3.03. The Labute approximate surface area is 174 Å². The van der Waals surface area contributed by atoms with Crippen molar-refractivity contribution in [3.8, 4) is 0 Å². The topological polar surface area (TPSA) is 49.4 Å². The van der Waals surface area contributed by atoms with Crippen LogP contribution in [0.5, 0.6) is 0 Å². The molecule has 0 spiro atoms. The van der Waals surface area contributed by atoms with Gasteiger partial charge in [0.2, 0.25) is 0 Å². The Bertz CT molecular complexity index is 1040. The van der Waals surface area contributed by atoms with E-state index in [9.17, 15) is 9.59 Å². The van der Waals surface area contributed by atoms with Crippen molar-refractivity contribution in [2.75, 3.05) is 4.90 Å². The van der Waals surface area contributed by atoms with E-state index < -0.39 is 0 Å². The van der Waals surface area contributed by atoms with Gasteiger partial charge >= 0.3 is 0 Å². The van der Waals surface area contributed by atoms with Gasteiger partial charge in [0, 0.05) is 17.1 Å². The first kappa shape index (κ1) is 19.0. The minimum atomic E-state index is -0.343. The number of anilines is 3. The number of carbonyl (C=O) groups is 2. The Morgan fingerprint density at radius 2 is 1.17 bits per heavy atom. The highest BCUT2D eigenvalue weighted by molar-refractivity contribution is 8.18. The number of imide groups is 1. The van der Waals surface area contributed by atoms with E-state index in [1.165, 1.54) is 11.1 Å². The van der Waals surface area contributed by atoms with Crippen molar-refractivity contribution >= 4 is 46.0 Å². The summed E-state index contributed by atoms with van der Waals surface area (Å²) in [6, 6.07) is 24.8. The Balaban J connectivity index is 1.70. The van der Waals surface area contributed by atoms with Crippen LogP contribution in [0.15, 0.2) is 77.7 Å². The molecule has 1 saturated heterocycles. The number of amides is 2. The zero-order valence-electron chi connectivity index (χ0n) is 16.2. The monoisotopic (exact) mass is 400 g/mol. The zero-order chi connectivity index (χ0) is 20.4. The predicted molar refractivity (Wildman–Crippen MR) is 120 cm³/mol. The lowest BCUT2D eigenvalue weighted by molar-refractivity contribution is -0.115. The fraction of sp³-hybridized carbons (Fsp3) is 0.0833. The molecule has 3 aromatic rings. The van der Waals surface area contributed by atoms with Crippen molar-refractivity contribution in [2.24, 2.45) is 0 Å². The molecule has 1 heterocycles. The Morgan fingerprint density at radius 3 is 1.59 bits per heavy atom. The predicted octanol–water partition coefficient (Wildman–Crippen LogP) is 6.10. The summed E-state index contributed by atoms with van der Waals surface area (Å²) in [4.78, 5) is 25.7. The van der Waals surface area contributed by atoms with Crippen molar-refractivity contribution in [1.29, 1.82) is 0 Å². The molecular formula is C24H20N2O2S. The number of aryl methyl sites for hydroxylation is 2. The van der Waals surface area contributed by atoms with E-state index in [0.717, 1.165) is 34.4 Å². The van der Waals surface area contributed by atoms with E-state index in [0.29, 0.717) is 4.91 Å². The molecule has 5 heteroatoms. The molecule has 4 nitrogen and oxygen atoms in total. The summed E-state index contributed by atoms with van der Waals surface area (Å²) in [6.07, 6.45) is 1.73. The molecule has 2 amide bonds. The second kappa shape index (κ2) is 7.97. The lowest BCUT2D eigenvalue weighted by atomic mass is 10.1. The zero-order valence-corrected chi connectivity index (χ0v) is 17.0. The molecule has 1 N–H and O–H groups in total. The number of thioether (sulfide) groups is 1. The van der Waals surface area contributed by atoms with Gasteiger partial charge in [-0.05, 0) is 73.6 Å². The molecule has 0 radical (unpaired) electrons. The molecular weight excluding hydrogens is 380 g/mol. The SMILES string of the molecule is Cc1ccc(N(c2ccc(C)cc2)c2ccc(C=C3SC(=O)NC3=O)cc2)cc1. The van der Waals surface area contributed by atoms with Crippen molar-refractivity contribution < 1.29 is 9.59 Å². The molecule has 0 saturated carbocycles. The number of benzene rings is 3. The van der Waals surface area contributed by atoms with Crippen LogP contribution in [0.2, 0.25) is 0 Å². The first-order valence-corrected chi connectivity index (χ1v) is 10.1. The third-order valence-corrected chi connectivity index (χ3v) is 5.49. The number of carbonyl (C=O) groups excluding carboxylic acids is 2. The van der Waals surface area contributed by atoms with E-state index in [2.05, 4.69) is 72.6 Å². The molecule has 0 bridgehead atoms. The van der Waals surface area contributed by atoms with Gasteiger partial charge in [-0.2, -0.15) is 0 Å². The molecule has 0 unspecified atom stereocenters.